The monoisotopic (exact) mass is 310 g/mol. The minimum atomic E-state index is -1.23. The van der Waals surface area contributed by atoms with Crippen molar-refractivity contribution >= 4 is 17.0 Å². The molecule has 0 unspecified atom stereocenters. The van der Waals surface area contributed by atoms with Crippen LogP contribution in [0.2, 0.25) is 0 Å². The van der Waals surface area contributed by atoms with Crippen molar-refractivity contribution in [2.24, 2.45) is 0 Å². The third-order valence-electron chi connectivity index (χ3n) is 3.78. The lowest BCUT2D eigenvalue weighted by molar-refractivity contribution is -0.0508. The first kappa shape index (κ1) is 15.0. The molecule has 0 aliphatic carbocycles. The minimum absolute atomic E-state index is 0.306. The number of nitrogens with one attached hydrogen (secondary N) is 1. The van der Waals surface area contributed by atoms with Gasteiger partial charge in [-0.15, -0.1) is 0 Å². The van der Waals surface area contributed by atoms with E-state index in [4.69, 9.17) is 9.84 Å². The third-order valence-corrected chi connectivity index (χ3v) is 3.78. The first-order chi connectivity index (χ1) is 10.4. The second-order valence-electron chi connectivity index (χ2n) is 5.47. The lowest BCUT2D eigenvalue weighted by Gasteiger charge is -2.18. The number of aromatic amines is 1. The molecule has 1 saturated heterocycles. The maximum atomic E-state index is 12.1. The Balaban J connectivity index is 2.10. The molecular formula is C13H18N4O5. The fraction of sp³-hybridized carbons (Fsp3) is 0.538. The summed E-state index contributed by atoms with van der Waals surface area (Å²) in [5.74, 6) is 0.365. The van der Waals surface area contributed by atoms with Gasteiger partial charge in [0, 0.05) is 20.3 Å². The second kappa shape index (κ2) is 5.36. The standard InChI is InChI=1S/C13H18N4O5/c1-16(2)13-14-10-6(11(21)15-13)3-4-17(10)12-9(20)8(19)7(5-18)22-12/h3-4,7-9,12,18-20H,5H2,1-2H3,(H,14,15,21)/t7-,8-,9-,12-/m1/s1. The molecule has 0 aromatic carbocycles. The first-order valence-corrected chi connectivity index (χ1v) is 6.84. The summed E-state index contributed by atoms with van der Waals surface area (Å²) >= 11 is 0. The van der Waals surface area contributed by atoms with Crippen molar-refractivity contribution in [1.82, 2.24) is 14.5 Å². The van der Waals surface area contributed by atoms with E-state index in [1.54, 1.807) is 31.3 Å². The number of hydrogen-bond acceptors (Lipinski definition) is 7. The Labute approximate surface area is 125 Å². The van der Waals surface area contributed by atoms with E-state index in [1.165, 1.54) is 4.57 Å². The summed E-state index contributed by atoms with van der Waals surface area (Å²) in [6, 6.07) is 1.56. The van der Waals surface area contributed by atoms with Crippen molar-refractivity contribution in [3.63, 3.8) is 0 Å². The molecule has 4 atom stereocenters. The summed E-state index contributed by atoms with van der Waals surface area (Å²) in [5, 5.41) is 29.5. The van der Waals surface area contributed by atoms with Crippen LogP contribution in [-0.2, 0) is 4.74 Å². The Morgan fingerprint density at radius 1 is 1.41 bits per heavy atom. The van der Waals surface area contributed by atoms with E-state index < -0.39 is 31.1 Å². The van der Waals surface area contributed by atoms with Crippen LogP contribution >= 0.6 is 0 Å². The van der Waals surface area contributed by atoms with Gasteiger partial charge in [-0.2, -0.15) is 4.98 Å². The molecule has 0 radical (unpaired) electrons. The van der Waals surface area contributed by atoms with E-state index in [0.717, 1.165) is 0 Å². The summed E-state index contributed by atoms with van der Waals surface area (Å²) in [4.78, 5) is 20.7. The van der Waals surface area contributed by atoms with E-state index in [2.05, 4.69) is 9.97 Å². The Morgan fingerprint density at radius 3 is 2.73 bits per heavy atom. The highest BCUT2D eigenvalue weighted by atomic mass is 16.6. The number of aromatic nitrogens is 3. The molecule has 0 amide bonds. The summed E-state index contributed by atoms with van der Waals surface area (Å²) in [6.07, 6.45) is -2.67. The largest absolute Gasteiger partial charge is 0.394 e. The third kappa shape index (κ3) is 2.18. The molecule has 3 heterocycles. The van der Waals surface area contributed by atoms with Crippen LogP contribution in [0.1, 0.15) is 6.23 Å². The molecule has 9 heteroatoms. The van der Waals surface area contributed by atoms with Crippen LogP contribution in [0.25, 0.3) is 11.0 Å². The van der Waals surface area contributed by atoms with Crippen molar-refractivity contribution in [2.75, 3.05) is 25.6 Å². The number of anilines is 1. The second-order valence-corrected chi connectivity index (χ2v) is 5.47. The molecule has 2 aromatic heterocycles. The van der Waals surface area contributed by atoms with Crippen LogP contribution in [0.5, 0.6) is 0 Å². The molecule has 1 aliphatic rings. The Morgan fingerprint density at radius 2 is 2.14 bits per heavy atom. The zero-order chi connectivity index (χ0) is 16.0. The zero-order valence-electron chi connectivity index (χ0n) is 12.2. The molecule has 1 aliphatic heterocycles. The number of H-pyrrole nitrogens is 1. The molecule has 1 fully saturated rings. The van der Waals surface area contributed by atoms with E-state index in [9.17, 15) is 15.0 Å². The molecule has 22 heavy (non-hydrogen) atoms. The SMILES string of the molecule is CN(C)c1nc2c(ccn2[C@@H]2O[C@H](CO)[C@@H](O)[C@H]2O)c(=O)[nH]1. The van der Waals surface area contributed by atoms with Crippen LogP contribution in [-0.4, -0.2) is 68.9 Å². The molecular weight excluding hydrogens is 292 g/mol. The molecule has 4 N–H and O–H groups in total. The number of rotatable bonds is 3. The van der Waals surface area contributed by atoms with Gasteiger partial charge in [0.05, 0.1) is 12.0 Å². The first-order valence-electron chi connectivity index (χ1n) is 6.84. The van der Waals surface area contributed by atoms with E-state index in [-0.39, 0.29) is 5.56 Å². The topological polar surface area (TPSA) is 124 Å². The maximum Gasteiger partial charge on any atom is 0.261 e. The highest BCUT2D eigenvalue weighted by molar-refractivity contribution is 5.76. The fourth-order valence-electron chi connectivity index (χ4n) is 2.56. The van der Waals surface area contributed by atoms with Gasteiger partial charge in [-0.1, -0.05) is 0 Å². The van der Waals surface area contributed by atoms with Crippen molar-refractivity contribution in [1.29, 1.82) is 0 Å². The predicted octanol–water partition coefficient (Wildman–Crippen LogP) is -1.60. The minimum Gasteiger partial charge on any atom is -0.394 e. The van der Waals surface area contributed by atoms with Gasteiger partial charge >= 0.3 is 0 Å². The Hall–Kier alpha value is -1.94. The van der Waals surface area contributed by atoms with Gasteiger partial charge in [0.1, 0.15) is 18.3 Å². The zero-order valence-corrected chi connectivity index (χ0v) is 12.2. The average molecular weight is 310 g/mol. The van der Waals surface area contributed by atoms with Gasteiger partial charge in [0.2, 0.25) is 5.95 Å². The molecule has 0 saturated carbocycles. The summed E-state index contributed by atoms with van der Waals surface area (Å²) < 4.78 is 6.96. The molecule has 9 nitrogen and oxygen atoms in total. The molecule has 120 valence electrons. The average Bonchev–Trinajstić information content (AvgIpc) is 3.02. The number of ether oxygens (including phenoxy) is 1. The van der Waals surface area contributed by atoms with E-state index >= 15 is 0 Å². The number of aliphatic hydroxyl groups excluding tert-OH is 3. The molecule has 0 spiro atoms. The van der Waals surface area contributed by atoms with Crippen LogP contribution < -0.4 is 10.5 Å². The van der Waals surface area contributed by atoms with E-state index in [0.29, 0.717) is 17.0 Å². The van der Waals surface area contributed by atoms with Crippen molar-refractivity contribution in [2.45, 2.75) is 24.5 Å². The van der Waals surface area contributed by atoms with Gasteiger partial charge in [-0.25, -0.2) is 0 Å². The molecule has 2 aromatic rings. The number of hydrogen-bond donors (Lipinski definition) is 4. The van der Waals surface area contributed by atoms with Crippen molar-refractivity contribution in [3.05, 3.63) is 22.6 Å². The molecule has 3 rings (SSSR count). The summed E-state index contributed by atoms with van der Waals surface area (Å²) in [7, 11) is 3.48. The fourth-order valence-corrected chi connectivity index (χ4v) is 2.56. The lowest BCUT2D eigenvalue weighted by Crippen LogP contribution is -2.33. The van der Waals surface area contributed by atoms with Gasteiger partial charge in [0.25, 0.3) is 5.56 Å². The predicted molar refractivity (Wildman–Crippen MR) is 77.7 cm³/mol. The van der Waals surface area contributed by atoms with E-state index in [1.807, 2.05) is 0 Å². The Bertz CT molecular complexity index is 740. The number of nitrogens with zero attached hydrogens (tertiary/aromatic N) is 3. The lowest BCUT2D eigenvalue weighted by atomic mass is 10.1. The van der Waals surface area contributed by atoms with Gasteiger partial charge < -0.3 is 29.5 Å². The quantitative estimate of drug-likeness (QED) is 0.538. The van der Waals surface area contributed by atoms with Gasteiger partial charge in [-0.05, 0) is 6.07 Å². The highest BCUT2D eigenvalue weighted by Crippen LogP contribution is 2.31. The maximum absolute atomic E-state index is 12.1. The van der Waals surface area contributed by atoms with Crippen LogP contribution in [0.15, 0.2) is 17.1 Å². The Kier molecular flexibility index (Phi) is 3.65. The smallest absolute Gasteiger partial charge is 0.261 e. The highest BCUT2D eigenvalue weighted by Gasteiger charge is 2.43. The molecule has 0 bridgehead atoms. The van der Waals surface area contributed by atoms with Crippen LogP contribution in [0.4, 0.5) is 5.95 Å². The number of fused-ring (bicyclic) bond motifs is 1. The van der Waals surface area contributed by atoms with Crippen LogP contribution in [0.3, 0.4) is 0 Å². The summed E-state index contributed by atoms with van der Waals surface area (Å²) in [6.45, 7) is -0.412. The van der Waals surface area contributed by atoms with Crippen molar-refractivity contribution in [3.8, 4) is 0 Å². The number of aliphatic hydroxyl groups is 3. The normalized spacial score (nSPS) is 28.4. The van der Waals surface area contributed by atoms with Gasteiger partial charge in [-0.3, -0.25) is 9.78 Å². The van der Waals surface area contributed by atoms with Crippen molar-refractivity contribution < 1.29 is 20.1 Å². The van der Waals surface area contributed by atoms with Crippen LogP contribution in [0, 0.1) is 0 Å². The van der Waals surface area contributed by atoms with Gasteiger partial charge in [0.15, 0.2) is 11.9 Å². The summed E-state index contributed by atoms with van der Waals surface area (Å²) in [5.41, 5.74) is 0.0292.